The van der Waals surface area contributed by atoms with E-state index < -0.39 is 0 Å². The predicted octanol–water partition coefficient (Wildman–Crippen LogP) is 3.33. The van der Waals surface area contributed by atoms with Crippen LogP contribution < -0.4 is 0 Å². The Morgan fingerprint density at radius 2 is 1.50 bits per heavy atom. The first-order chi connectivity index (χ1) is 12.5. The zero-order valence-electron chi connectivity index (χ0n) is 16.9. The van der Waals surface area contributed by atoms with Crippen molar-refractivity contribution in [3.8, 4) is 0 Å². The van der Waals surface area contributed by atoms with Gasteiger partial charge in [-0.25, -0.2) is 0 Å². The normalized spacial score (nSPS) is 43.7. The number of ether oxygens (including phenoxy) is 2. The van der Waals surface area contributed by atoms with Gasteiger partial charge in [0.05, 0.1) is 31.5 Å². The van der Waals surface area contributed by atoms with Crippen LogP contribution in [0.5, 0.6) is 0 Å². The van der Waals surface area contributed by atoms with Crippen LogP contribution in [-0.4, -0.2) is 61.2 Å². The van der Waals surface area contributed by atoms with Gasteiger partial charge >= 0.3 is 0 Å². The zero-order valence-corrected chi connectivity index (χ0v) is 16.9. The van der Waals surface area contributed by atoms with E-state index in [1.807, 2.05) is 0 Å². The SMILES string of the molecule is C[C@@H]1C[C@@H](C)CN(C[C@H](O)COCCOC23CC4CC(CC(C4)C2)C3)C1. The van der Waals surface area contributed by atoms with E-state index in [1.54, 1.807) is 0 Å². The topological polar surface area (TPSA) is 41.9 Å². The summed E-state index contributed by atoms with van der Waals surface area (Å²) in [5, 5.41) is 10.3. The Morgan fingerprint density at radius 1 is 0.923 bits per heavy atom. The maximum absolute atomic E-state index is 10.3. The highest BCUT2D eigenvalue weighted by atomic mass is 16.5. The van der Waals surface area contributed by atoms with Crippen molar-refractivity contribution in [1.29, 1.82) is 0 Å². The Morgan fingerprint density at radius 3 is 2.08 bits per heavy atom. The average molecular weight is 366 g/mol. The van der Waals surface area contributed by atoms with E-state index in [2.05, 4.69) is 18.7 Å². The van der Waals surface area contributed by atoms with Crippen LogP contribution >= 0.6 is 0 Å². The van der Waals surface area contributed by atoms with Crippen molar-refractivity contribution in [1.82, 2.24) is 4.90 Å². The number of likely N-dealkylation sites (tertiary alicyclic amines) is 1. The fourth-order valence-electron chi connectivity index (χ4n) is 7.04. The van der Waals surface area contributed by atoms with E-state index in [0.29, 0.717) is 19.8 Å². The summed E-state index contributed by atoms with van der Waals surface area (Å²) >= 11 is 0. The summed E-state index contributed by atoms with van der Waals surface area (Å²) in [6.45, 7) is 9.32. The lowest BCUT2D eigenvalue weighted by molar-refractivity contribution is -0.170. The molecule has 4 nitrogen and oxygen atoms in total. The van der Waals surface area contributed by atoms with E-state index in [1.165, 1.54) is 44.9 Å². The monoisotopic (exact) mass is 365 g/mol. The molecule has 1 N–H and O–H groups in total. The number of β-amino-alcohol motifs (C(OH)–C–C–N with tert-alkyl or cyclic N) is 1. The number of aliphatic hydroxyl groups is 1. The van der Waals surface area contributed by atoms with Gasteiger partial charge in [-0.15, -0.1) is 0 Å². The molecular weight excluding hydrogens is 326 g/mol. The first-order valence-corrected chi connectivity index (χ1v) is 11.1. The molecule has 1 heterocycles. The van der Waals surface area contributed by atoms with E-state index in [0.717, 1.165) is 49.2 Å². The molecule has 5 rings (SSSR count). The van der Waals surface area contributed by atoms with E-state index in [-0.39, 0.29) is 11.7 Å². The molecule has 150 valence electrons. The van der Waals surface area contributed by atoms with Crippen LogP contribution in [0.15, 0.2) is 0 Å². The van der Waals surface area contributed by atoms with Crippen molar-refractivity contribution in [2.24, 2.45) is 29.6 Å². The largest absolute Gasteiger partial charge is 0.389 e. The number of hydrogen-bond donors (Lipinski definition) is 1. The van der Waals surface area contributed by atoms with Crippen molar-refractivity contribution in [2.45, 2.75) is 70.5 Å². The molecule has 4 bridgehead atoms. The summed E-state index contributed by atoms with van der Waals surface area (Å²) in [6.07, 6.45) is 9.15. The van der Waals surface area contributed by atoms with Gasteiger partial charge in [0.15, 0.2) is 0 Å². The summed E-state index contributed by atoms with van der Waals surface area (Å²) < 4.78 is 12.1. The molecule has 4 saturated carbocycles. The summed E-state index contributed by atoms with van der Waals surface area (Å²) in [5.41, 5.74) is 0.177. The van der Waals surface area contributed by atoms with E-state index in [4.69, 9.17) is 9.47 Å². The summed E-state index contributed by atoms with van der Waals surface area (Å²) in [5.74, 6) is 4.26. The number of hydrogen-bond acceptors (Lipinski definition) is 4. The van der Waals surface area contributed by atoms with Crippen molar-refractivity contribution in [2.75, 3.05) is 39.5 Å². The molecule has 1 saturated heterocycles. The minimum Gasteiger partial charge on any atom is -0.389 e. The molecule has 3 atom stereocenters. The third kappa shape index (κ3) is 4.63. The molecule has 0 amide bonds. The molecular formula is C22H39NO3. The maximum atomic E-state index is 10.3. The highest BCUT2D eigenvalue weighted by molar-refractivity contribution is 5.03. The highest BCUT2D eigenvalue weighted by Gasteiger charge is 2.51. The van der Waals surface area contributed by atoms with Gasteiger partial charge in [-0.1, -0.05) is 13.8 Å². The molecule has 5 fully saturated rings. The minimum atomic E-state index is -0.382. The Bertz CT molecular complexity index is 423. The van der Waals surface area contributed by atoms with Crippen LogP contribution in [0.3, 0.4) is 0 Å². The molecule has 0 aromatic carbocycles. The number of piperidine rings is 1. The first kappa shape index (κ1) is 19.2. The Balaban J connectivity index is 1.11. The number of rotatable bonds is 8. The molecule has 0 radical (unpaired) electrons. The number of nitrogens with zero attached hydrogens (tertiary/aromatic N) is 1. The molecule has 0 unspecified atom stereocenters. The minimum absolute atomic E-state index is 0.177. The van der Waals surface area contributed by atoms with Gasteiger partial charge in [0.25, 0.3) is 0 Å². The molecule has 0 spiro atoms. The third-order valence-corrected chi connectivity index (χ3v) is 7.34. The van der Waals surface area contributed by atoms with Crippen LogP contribution in [0.2, 0.25) is 0 Å². The maximum Gasteiger partial charge on any atom is 0.0900 e. The molecule has 5 aliphatic rings. The third-order valence-electron chi connectivity index (χ3n) is 7.34. The summed E-state index contributed by atoms with van der Waals surface area (Å²) in [7, 11) is 0. The first-order valence-electron chi connectivity index (χ1n) is 11.1. The molecule has 4 heteroatoms. The smallest absolute Gasteiger partial charge is 0.0900 e. The van der Waals surface area contributed by atoms with Crippen molar-refractivity contribution in [3.05, 3.63) is 0 Å². The fraction of sp³-hybridized carbons (Fsp3) is 1.00. The second-order valence-corrected chi connectivity index (χ2v) is 10.3. The van der Waals surface area contributed by atoms with E-state index >= 15 is 0 Å². The van der Waals surface area contributed by atoms with Gasteiger partial charge in [0.1, 0.15) is 0 Å². The molecule has 0 aromatic rings. The van der Waals surface area contributed by atoms with Crippen LogP contribution in [0.4, 0.5) is 0 Å². The molecule has 26 heavy (non-hydrogen) atoms. The molecule has 0 aromatic heterocycles. The second kappa shape index (κ2) is 8.06. The van der Waals surface area contributed by atoms with Gasteiger partial charge in [0, 0.05) is 19.6 Å². The van der Waals surface area contributed by atoms with Crippen LogP contribution in [0.1, 0.15) is 58.8 Å². The predicted molar refractivity (Wildman–Crippen MR) is 103 cm³/mol. The van der Waals surface area contributed by atoms with Crippen molar-refractivity contribution < 1.29 is 14.6 Å². The standard InChI is InChI=1S/C22H39NO3/c1-16-5-17(2)13-23(12-16)14-21(24)15-25-3-4-26-22-9-18-6-19(10-22)8-20(7-18)11-22/h16-21,24H,3-15H2,1-2H3/t16-,17-,18?,19?,20?,21+,22?/m1/s1. The Labute approximate surface area is 159 Å². The van der Waals surface area contributed by atoms with Crippen LogP contribution in [-0.2, 0) is 9.47 Å². The van der Waals surface area contributed by atoms with Crippen molar-refractivity contribution in [3.63, 3.8) is 0 Å². The van der Waals surface area contributed by atoms with Gasteiger partial charge in [-0.3, -0.25) is 0 Å². The molecule has 1 aliphatic heterocycles. The Hall–Kier alpha value is -0.160. The van der Waals surface area contributed by atoms with E-state index in [9.17, 15) is 5.11 Å². The zero-order chi connectivity index (χ0) is 18.1. The lowest BCUT2D eigenvalue weighted by atomic mass is 9.54. The fourth-order valence-corrected chi connectivity index (χ4v) is 7.04. The lowest BCUT2D eigenvalue weighted by Gasteiger charge is -2.56. The van der Waals surface area contributed by atoms with Crippen LogP contribution in [0, 0.1) is 29.6 Å². The van der Waals surface area contributed by atoms with Gasteiger partial charge in [-0.05, 0) is 74.5 Å². The van der Waals surface area contributed by atoms with Gasteiger partial charge in [0.2, 0.25) is 0 Å². The lowest BCUT2D eigenvalue weighted by Crippen LogP contribution is -2.52. The van der Waals surface area contributed by atoms with Crippen molar-refractivity contribution >= 4 is 0 Å². The summed E-state index contributed by atoms with van der Waals surface area (Å²) in [4.78, 5) is 2.40. The Kier molecular flexibility index (Phi) is 5.95. The highest BCUT2D eigenvalue weighted by Crippen LogP contribution is 2.57. The summed E-state index contributed by atoms with van der Waals surface area (Å²) in [6, 6.07) is 0. The second-order valence-electron chi connectivity index (χ2n) is 10.3. The number of aliphatic hydroxyl groups excluding tert-OH is 1. The average Bonchev–Trinajstić information content (AvgIpc) is 2.52. The molecule has 4 aliphatic carbocycles. The van der Waals surface area contributed by atoms with Gasteiger partial charge < -0.3 is 19.5 Å². The van der Waals surface area contributed by atoms with Crippen LogP contribution in [0.25, 0.3) is 0 Å². The quantitative estimate of drug-likeness (QED) is 0.670. The van der Waals surface area contributed by atoms with Gasteiger partial charge in [-0.2, -0.15) is 0 Å².